The third kappa shape index (κ3) is 4.41. The number of unbranched alkanes of at least 4 members (excludes halogenated alkanes) is 1. The number of nitrogens with zero attached hydrogens (tertiary/aromatic N) is 6. The van der Waals surface area contributed by atoms with E-state index in [1.54, 1.807) is 9.13 Å². The number of aryl methyl sites for hydroxylation is 1. The molecule has 0 radical (unpaired) electrons. The molecule has 0 spiro atoms. The van der Waals surface area contributed by atoms with Crippen LogP contribution in [0.2, 0.25) is 0 Å². The number of aromatic amines is 1. The van der Waals surface area contributed by atoms with Gasteiger partial charge in [-0.1, -0.05) is 57.5 Å². The fourth-order valence-corrected chi connectivity index (χ4v) is 5.03. The third-order valence-electron chi connectivity index (χ3n) is 7.18. The number of carbonyl (C=O) groups is 1. The Morgan fingerprint density at radius 3 is 2.56 bits per heavy atom. The van der Waals surface area contributed by atoms with E-state index in [2.05, 4.69) is 46.4 Å². The van der Waals surface area contributed by atoms with Crippen molar-refractivity contribution in [3.8, 4) is 22.5 Å². The maximum Gasteiger partial charge on any atom is 0.329 e. The Labute approximate surface area is 209 Å². The summed E-state index contributed by atoms with van der Waals surface area (Å²) in [5, 5.41) is 14.2. The monoisotopic (exact) mass is 485 g/mol. The molecule has 1 aliphatic carbocycles. The zero-order valence-corrected chi connectivity index (χ0v) is 20.9. The minimum absolute atomic E-state index is 0.126. The molecule has 1 saturated carbocycles. The normalized spacial score (nSPS) is 17.5. The number of imidazole rings is 1. The van der Waals surface area contributed by atoms with E-state index in [-0.39, 0.29) is 23.4 Å². The lowest BCUT2D eigenvalue weighted by Gasteiger charge is -2.38. The van der Waals surface area contributed by atoms with Crippen LogP contribution in [0.5, 0.6) is 0 Å². The molecule has 1 aliphatic rings. The predicted octanol–water partition coefficient (Wildman–Crippen LogP) is 4.07. The molecule has 0 saturated heterocycles. The number of aromatic nitrogens is 7. The van der Waals surface area contributed by atoms with Gasteiger partial charge in [-0.05, 0) is 46.7 Å². The van der Waals surface area contributed by atoms with Crippen molar-refractivity contribution in [2.45, 2.75) is 59.0 Å². The lowest BCUT2D eigenvalue weighted by Crippen LogP contribution is -2.45. The van der Waals surface area contributed by atoms with Gasteiger partial charge in [0.25, 0.3) is 0 Å². The maximum atomic E-state index is 13.5. The van der Waals surface area contributed by atoms with Crippen molar-refractivity contribution < 1.29 is 4.79 Å². The fourth-order valence-electron chi connectivity index (χ4n) is 5.03. The van der Waals surface area contributed by atoms with Crippen molar-refractivity contribution >= 4 is 5.78 Å². The molecule has 5 rings (SSSR count). The Hall–Kier alpha value is -3.88. The van der Waals surface area contributed by atoms with Crippen molar-refractivity contribution in [3.05, 3.63) is 70.7 Å². The van der Waals surface area contributed by atoms with Crippen LogP contribution in [0.25, 0.3) is 22.5 Å². The second kappa shape index (κ2) is 10.0. The van der Waals surface area contributed by atoms with Gasteiger partial charge in [0.15, 0.2) is 11.6 Å². The Kier molecular flexibility index (Phi) is 6.63. The molecular formula is C27H31N7O2. The number of H-pyrrole nitrogens is 1. The standard InChI is InChI=1S/C27H31N7O2/c1-4-5-8-20-16-34(25-23(17(2)3)13-24(25)35)27(36)33(20)15-19-12-11-18(14-28-19)21-9-6-7-10-22(21)26-29-31-32-30-26/h6-7,9-12,14,16-17,23,25H,4-5,8,13,15H2,1-3H3,(H,29,30,31,32). The number of pyridine rings is 1. The molecule has 1 fully saturated rings. The molecule has 0 aliphatic heterocycles. The van der Waals surface area contributed by atoms with Crippen molar-refractivity contribution in [1.82, 2.24) is 34.7 Å². The van der Waals surface area contributed by atoms with E-state index in [0.717, 1.165) is 47.3 Å². The van der Waals surface area contributed by atoms with Gasteiger partial charge < -0.3 is 0 Å². The molecule has 1 aromatic carbocycles. The quantitative estimate of drug-likeness (QED) is 0.383. The Morgan fingerprint density at radius 2 is 1.92 bits per heavy atom. The Morgan fingerprint density at radius 1 is 1.11 bits per heavy atom. The van der Waals surface area contributed by atoms with E-state index in [1.165, 1.54) is 0 Å². The van der Waals surface area contributed by atoms with Crippen LogP contribution in [0, 0.1) is 11.8 Å². The summed E-state index contributed by atoms with van der Waals surface area (Å²) in [5.41, 5.74) is 4.40. The topological polar surface area (TPSA) is 111 Å². The maximum absolute atomic E-state index is 13.5. The molecule has 9 nitrogen and oxygen atoms in total. The van der Waals surface area contributed by atoms with E-state index < -0.39 is 0 Å². The summed E-state index contributed by atoms with van der Waals surface area (Å²) in [6, 6.07) is 11.5. The molecule has 2 atom stereocenters. The summed E-state index contributed by atoms with van der Waals surface area (Å²) in [7, 11) is 0. The first-order valence-electron chi connectivity index (χ1n) is 12.6. The minimum atomic E-state index is -0.350. The van der Waals surface area contributed by atoms with Gasteiger partial charge in [0.1, 0.15) is 6.04 Å². The molecule has 3 heterocycles. The number of ketones is 1. The van der Waals surface area contributed by atoms with E-state index in [0.29, 0.717) is 24.7 Å². The van der Waals surface area contributed by atoms with E-state index in [1.807, 2.05) is 48.8 Å². The highest BCUT2D eigenvalue weighted by Gasteiger charge is 2.43. The highest BCUT2D eigenvalue weighted by atomic mass is 16.2. The molecule has 36 heavy (non-hydrogen) atoms. The largest absolute Gasteiger partial charge is 0.329 e. The van der Waals surface area contributed by atoms with Crippen LogP contribution >= 0.6 is 0 Å². The fraction of sp³-hybridized carbons (Fsp3) is 0.407. The number of Topliss-reactive ketones (excluding diaryl/α,β-unsaturated/α-hetero) is 1. The first-order chi connectivity index (χ1) is 17.5. The number of rotatable bonds is 9. The van der Waals surface area contributed by atoms with E-state index in [4.69, 9.17) is 0 Å². The number of carbonyl (C=O) groups excluding carboxylic acids is 1. The van der Waals surface area contributed by atoms with Gasteiger partial charge in [-0.15, -0.1) is 5.10 Å². The number of nitrogens with one attached hydrogen (secondary N) is 1. The second-order valence-corrected chi connectivity index (χ2v) is 9.86. The number of hydrogen-bond donors (Lipinski definition) is 1. The number of hydrogen-bond acceptors (Lipinski definition) is 6. The van der Waals surface area contributed by atoms with Gasteiger partial charge in [0, 0.05) is 35.6 Å². The average molecular weight is 486 g/mol. The number of benzene rings is 1. The number of tetrazole rings is 1. The van der Waals surface area contributed by atoms with Gasteiger partial charge in [-0.2, -0.15) is 0 Å². The van der Waals surface area contributed by atoms with Crippen LogP contribution < -0.4 is 5.69 Å². The Bertz CT molecular complexity index is 1400. The van der Waals surface area contributed by atoms with E-state index in [9.17, 15) is 9.59 Å². The van der Waals surface area contributed by atoms with Gasteiger partial charge in [-0.25, -0.2) is 9.89 Å². The first-order valence-corrected chi connectivity index (χ1v) is 12.6. The molecule has 9 heteroatoms. The highest BCUT2D eigenvalue weighted by Crippen LogP contribution is 2.39. The summed E-state index contributed by atoms with van der Waals surface area (Å²) in [6.45, 7) is 6.74. The van der Waals surface area contributed by atoms with Gasteiger partial charge in [-0.3, -0.25) is 18.9 Å². The zero-order valence-electron chi connectivity index (χ0n) is 20.9. The van der Waals surface area contributed by atoms with Crippen molar-refractivity contribution in [1.29, 1.82) is 0 Å². The van der Waals surface area contributed by atoms with Gasteiger partial charge in [0.2, 0.25) is 0 Å². The summed E-state index contributed by atoms with van der Waals surface area (Å²) in [4.78, 5) is 30.7. The second-order valence-electron chi connectivity index (χ2n) is 9.86. The smallest absolute Gasteiger partial charge is 0.297 e. The average Bonchev–Trinajstić information content (AvgIpc) is 3.51. The molecule has 0 bridgehead atoms. The minimum Gasteiger partial charge on any atom is -0.297 e. The van der Waals surface area contributed by atoms with Crippen LogP contribution in [0.3, 0.4) is 0 Å². The molecule has 4 aromatic rings. The highest BCUT2D eigenvalue weighted by molar-refractivity contribution is 5.89. The van der Waals surface area contributed by atoms with Gasteiger partial charge >= 0.3 is 5.69 Å². The van der Waals surface area contributed by atoms with Crippen molar-refractivity contribution in [3.63, 3.8) is 0 Å². The molecule has 0 amide bonds. The molecule has 1 N–H and O–H groups in total. The van der Waals surface area contributed by atoms with Crippen molar-refractivity contribution in [2.24, 2.45) is 11.8 Å². The lowest BCUT2D eigenvalue weighted by molar-refractivity contribution is -0.134. The molecule has 3 aromatic heterocycles. The Balaban J connectivity index is 1.44. The molecule has 2 unspecified atom stereocenters. The summed E-state index contributed by atoms with van der Waals surface area (Å²) in [5.74, 6) is 1.31. The van der Waals surface area contributed by atoms with Crippen LogP contribution in [-0.2, 0) is 17.8 Å². The summed E-state index contributed by atoms with van der Waals surface area (Å²) in [6.07, 6.45) is 7.08. The summed E-state index contributed by atoms with van der Waals surface area (Å²) >= 11 is 0. The van der Waals surface area contributed by atoms with Crippen LogP contribution in [-0.4, -0.2) is 40.5 Å². The van der Waals surface area contributed by atoms with Crippen LogP contribution in [0.4, 0.5) is 0 Å². The summed E-state index contributed by atoms with van der Waals surface area (Å²) < 4.78 is 3.46. The zero-order chi connectivity index (χ0) is 25.2. The lowest BCUT2D eigenvalue weighted by atomic mass is 9.71. The van der Waals surface area contributed by atoms with Crippen LogP contribution in [0.15, 0.2) is 53.6 Å². The first kappa shape index (κ1) is 23.8. The third-order valence-corrected chi connectivity index (χ3v) is 7.18. The predicted molar refractivity (Wildman–Crippen MR) is 136 cm³/mol. The SMILES string of the molecule is CCCCc1cn(C2C(=O)CC2C(C)C)c(=O)n1Cc1ccc(-c2ccccc2-c2nnn[nH]2)cn1. The molecule has 186 valence electrons. The van der Waals surface area contributed by atoms with E-state index >= 15 is 0 Å². The van der Waals surface area contributed by atoms with Gasteiger partial charge in [0.05, 0.1) is 12.2 Å². The molecular weight excluding hydrogens is 454 g/mol. The van der Waals surface area contributed by atoms with Crippen LogP contribution in [0.1, 0.15) is 57.5 Å². The van der Waals surface area contributed by atoms with Crippen molar-refractivity contribution in [2.75, 3.05) is 0 Å².